The fourth-order valence-corrected chi connectivity index (χ4v) is 1.84. The Balaban J connectivity index is 3.30. The SMILES string of the molecule is CNC(c1cc(Cl)ccc1Cl)C(F)(F)C(F)(F)F. The molecule has 0 fully saturated rings. The van der Waals surface area contributed by atoms with Crippen molar-refractivity contribution >= 4 is 23.2 Å². The fraction of sp³-hybridized carbons (Fsp3) is 0.400. The number of halogens is 7. The molecule has 1 atom stereocenters. The van der Waals surface area contributed by atoms with E-state index >= 15 is 0 Å². The van der Waals surface area contributed by atoms with Crippen molar-refractivity contribution in [2.24, 2.45) is 0 Å². The highest BCUT2D eigenvalue weighted by atomic mass is 35.5. The lowest BCUT2D eigenvalue weighted by Gasteiger charge is -2.29. The Morgan fingerprint density at radius 2 is 1.67 bits per heavy atom. The number of hydrogen-bond acceptors (Lipinski definition) is 1. The molecule has 1 unspecified atom stereocenters. The molecule has 0 heterocycles. The lowest BCUT2D eigenvalue weighted by molar-refractivity contribution is -0.293. The van der Waals surface area contributed by atoms with E-state index < -0.39 is 23.7 Å². The number of hydrogen-bond donors (Lipinski definition) is 1. The molecular weight excluding hydrogens is 300 g/mol. The molecule has 0 aliphatic heterocycles. The minimum absolute atomic E-state index is 0.0209. The molecule has 0 aliphatic rings. The summed E-state index contributed by atoms with van der Waals surface area (Å²) >= 11 is 11.2. The number of alkyl halides is 5. The number of benzene rings is 1. The second-order valence-corrected chi connectivity index (χ2v) is 4.35. The van der Waals surface area contributed by atoms with E-state index in [0.29, 0.717) is 0 Å². The van der Waals surface area contributed by atoms with E-state index in [-0.39, 0.29) is 10.0 Å². The fourth-order valence-electron chi connectivity index (χ4n) is 1.43. The van der Waals surface area contributed by atoms with E-state index in [1.54, 1.807) is 0 Å². The minimum atomic E-state index is -5.69. The molecule has 1 rings (SSSR count). The van der Waals surface area contributed by atoms with Crippen molar-refractivity contribution in [1.82, 2.24) is 5.32 Å². The summed E-state index contributed by atoms with van der Waals surface area (Å²) in [7, 11) is 0.988. The monoisotopic (exact) mass is 307 g/mol. The molecule has 8 heteroatoms. The van der Waals surface area contributed by atoms with Crippen molar-refractivity contribution in [2.75, 3.05) is 7.05 Å². The zero-order valence-electron chi connectivity index (χ0n) is 8.96. The van der Waals surface area contributed by atoms with Gasteiger partial charge in [0.1, 0.15) is 6.04 Å². The summed E-state index contributed by atoms with van der Waals surface area (Å²) in [6, 6.07) is 1.13. The van der Waals surface area contributed by atoms with Crippen molar-refractivity contribution < 1.29 is 22.0 Å². The summed E-state index contributed by atoms with van der Waals surface area (Å²) in [5.41, 5.74) is -0.408. The zero-order valence-corrected chi connectivity index (χ0v) is 10.5. The normalized spacial score (nSPS) is 14.7. The predicted octanol–water partition coefficient (Wildman–Crippen LogP) is 4.45. The van der Waals surface area contributed by atoms with Gasteiger partial charge in [-0.3, -0.25) is 0 Å². The summed E-state index contributed by atoms with van der Waals surface area (Å²) in [6.45, 7) is 0. The molecule has 0 bridgehead atoms. The standard InChI is InChI=1S/C10H8Cl2F5N/c1-18-8(9(13,14)10(15,16)17)6-4-5(11)2-3-7(6)12/h2-4,8,18H,1H3. The van der Waals surface area contributed by atoms with Crippen LogP contribution in [-0.4, -0.2) is 19.1 Å². The van der Waals surface area contributed by atoms with Gasteiger partial charge >= 0.3 is 12.1 Å². The van der Waals surface area contributed by atoms with Gasteiger partial charge in [-0.05, 0) is 30.8 Å². The summed E-state index contributed by atoms with van der Waals surface area (Å²) in [5.74, 6) is -4.96. The Morgan fingerprint density at radius 3 is 2.11 bits per heavy atom. The average Bonchev–Trinajstić information content (AvgIpc) is 2.22. The molecule has 0 saturated heterocycles. The third-order valence-corrected chi connectivity index (χ3v) is 2.88. The van der Waals surface area contributed by atoms with E-state index in [0.717, 1.165) is 19.2 Å². The highest BCUT2D eigenvalue weighted by Crippen LogP contribution is 2.46. The Hall–Kier alpha value is -0.590. The quantitative estimate of drug-likeness (QED) is 0.813. The van der Waals surface area contributed by atoms with E-state index in [4.69, 9.17) is 23.2 Å². The van der Waals surface area contributed by atoms with Gasteiger partial charge < -0.3 is 5.32 Å². The maximum absolute atomic E-state index is 13.3. The van der Waals surface area contributed by atoms with Crippen molar-refractivity contribution in [3.63, 3.8) is 0 Å². The maximum Gasteiger partial charge on any atom is 0.455 e. The highest BCUT2D eigenvalue weighted by molar-refractivity contribution is 6.33. The Bertz CT molecular complexity index is 433. The molecule has 0 amide bonds. The lowest BCUT2D eigenvalue weighted by atomic mass is 10.00. The van der Waals surface area contributed by atoms with Gasteiger partial charge in [-0.1, -0.05) is 23.2 Å². The van der Waals surface area contributed by atoms with Crippen LogP contribution in [0.4, 0.5) is 22.0 Å². The van der Waals surface area contributed by atoms with E-state index in [1.165, 1.54) is 6.07 Å². The Kier molecular flexibility index (Phi) is 4.46. The smallest absolute Gasteiger partial charge is 0.308 e. The van der Waals surface area contributed by atoms with Crippen LogP contribution in [0.1, 0.15) is 11.6 Å². The first-order chi connectivity index (χ1) is 8.11. The maximum atomic E-state index is 13.3. The third kappa shape index (κ3) is 2.87. The number of rotatable bonds is 3. The van der Waals surface area contributed by atoms with Crippen LogP contribution >= 0.6 is 23.2 Å². The highest BCUT2D eigenvalue weighted by Gasteiger charge is 2.62. The van der Waals surface area contributed by atoms with Crippen LogP contribution in [0, 0.1) is 0 Å². The van der Waals surface area contributed by atoms with Gasteiger partial charge in [0.25, 0.3) is 0 Å². The van der Waals surface area contributed by atoms with Crippen LogP contribution in [0.25, 0.3) is 0 Å². The molecule has 1 aromatic carbocycles. The molecule has 102 valence electrons. The first-order valence-electron chi connectivity index (χ1n) is 4.68. The Labute approximate surface area is 110 Å². The van der Waals surface area contributed by atoms with Crippen LogP contribution in [0.5, 0.6) is 0 Å². The van der Waals surface area contributed by atoms with Gasteiger partial charge in [-0.2, -0.15) is 22.0 Å². The van der Waals surface area contributed by atoms with Crippen molar-refractivity contribution in [2.45, 2.75) is 18.1 Å². The first-order valence-corrected chi connectivity index (χ1v) is 5.43. The van der Waals surface area contributed by atoms with Crippen molar-refractivity contribution in [3.8, 4) is 0 Å². The summed E-state index contributed by atoms with van der Waals surface area (Å²) in [4.78, 5) is 0. The molecule has 0 spiro atoms. The van der Waals surface area contributed by atoms with E-state index in [9.17, 15) is 22.0 Å². The molecule has 0 aliphatic carbocycles. The van der Waals surface area contributed by atoms with E-state index in [2.05, 4.69) is 0 Å². The topological polar surface area (TPSA) is 12.0 Å². The summed E-state index contributed by atoms with van der Waals surface area (Å²) in [6.07, 6.45) is -5.69. The molecule has 0 saturated carbocycles. The van der Waals surface area contributed by atoms with Gasteiger partial charge in [-0.15, -0.1) is 0 Å². The molecular formula is C10H8Cl2F5N. The second kappa shape index (κ2) is 5.19. The van der Waals surface area contributed by atoms with Crippen LogP contribution < -0.4 is 5.32 Å². The average molecular weight is 308 g/mol. The molecule has 0 aromatic heterocycles. The molecule has 18 heavy (non-hydrogen) atoms. The van der Waals surface area contributed by atoms with Gasteiger partial charge in [-0.25, -0.2) is 0 Å². The van der Waals surface area contributed by atoms with Crippen LogP contribution in [0.15, 0.2) is 18.2 Å². The Morgan fingerprint density at radius 1 is 1.11 bits per heavy atom. The summed E-state index contributed by atoms with van der Waals surface area (Å²) in [5, 5.41) is 1.72. The lowest BCUT2D eigenvalue weighted by Crippen LogP contribution is -2.47. The van der Waals surface area contributed by atoms with Crippen LogP contribution in [0.3, 0.4) is 0 Å². The van der Waals surface area contributed by atoms with Crippen molar-refractivity contribution in [3.05, 3.63) is 33.8 Å². The van der Waals surface area contributed by atoms with Crippen LogP contribution in [-0.2, 0) is 0 Å². The third-order valence-electron chi connectivity index (χ3n) is 2.30. The molecule has 1 N–H and O–H groups in total. The molecule has 1 nitrogen and oxygen atoms in total. The zero-order chi connectivity index (χ0) is 14.1. The first kappa shape index (κ1) is 15.5. The van der Waals surface area contributed by atoms with Gasteiger partial charge in [0, 0.05) is 10.0 Å². The van der Waals surface area contributed by atoms with E-state index in [1.807, 2.05) is 5.32 Å². The predicted molar refractivity (Wildman–Crippen MR) is 59.3 cm³/mol. The molecule has 1 aromatic rings. The largest absolute Gasteiger partial charge is 0.455 e. The van der Waals surface area contributed by atoms with Gasteiger partial charge in [0.05, 0.1) is 0 Å². The second-order valence-electron chi connectivity index (χ2n) is 3.51. The van der Waals surface area contributed by atoms with Gasteiger partial charge in [0.15, 0.2) is 0 Å². The van der Waals surface area contributed by atoms with Crippen molar-refractivity contribution in [1.29, 1.82) is 0 Å². The number of nitrogens with one attached hydrogen (secondary N) is 1. The van der Waals surface area contributed by atoms with Gasteiger partial charge in [0.2, 0.25) is 0 Å². The minimum Gasteiger partial charge on any atom is -0.308 e. The molecule has 0 radical (unpaired) electrons. The summed E-state index contributed by atoms with van der Waals surface area (Å²) < 4.78 is 63.6. The van der Waals surface area contributed by atoms with Crippen LogP contribution in [0.2, 0.25) is 10.0 Å².